The molecule has 0 aliphatic heterocycles. The van der Waals surface area contributed by atoms with Crippen LogP contribution in [-0.2, 0) is 19.9 Å². The van der Waals surface area contributed by atoms with Gasteiger partial charge in [-0.1, -0.05) is 0 Å². The standard InChI is InChI=1S/C11H15Br2NO5S2/c1-7(2)20(15,16)4-3-19-11-9(12)5-8(6-10(11)13)21(14,17)18/h5-7H,3-4H2,1-2H3,(H2,14,17,18). The minimum Gasteiger partial charge on any atom is -0.490 e. The number of sulfonamides is 1. The van der Waals surface area contributed by atoms with E-state index >= 15 is 0 Å². The summed E-state index contributed by atoms with van der Waals surface area (Å²) in [6.07, 6.45) is 0. The molecule has 0 aliphatic rings. The molecule has 0 aliphatic carbocycles. The van der Waals surface area contributed by atoms with Crippen molar-refractivity contribution < 1.29 is 21.6 Å². The van der Waals surface area contributed by atoms with E-state index in [9.17, 15) is 16.8 Å². The normalized spacial score (nSPS) is 12.7. The monoisotopic (exact) mass is 463 g/mol. The quantitative estimate of drug-likeness (QED) is 0.693. The van der Waals surface area contributed by atoms with Gasteiger partial charge in [-0.25, -0.2) is 22.0 Å². The summed E-state index contributed by atoms with van der Waals surface area (Å²) >= 11 is 6.35. The van der Waals surface area contributed by atoms with Crippen molar-refractivity contribution in [2.24, 2.45) is 5.14 Å². The SMILES string of the molecule is CC(C)S(=O)(=O)CCOc1c(Br)cc(S(N)(=O)=O)cc1Br. The van der Waals surface area contributed by atoms with Crippen LogP contribution in [0.15, 0.2) is 26.0 Å². The molecule has 0 saturated carbocycles. The van der Waals surface area contributed by atoms with E-state index < -0.39 is 25.1 Å². The zero-order chi connectivity index (χ0) is 16.4. The van der Waals surface area contributed by atoms with Gasteiger partial charge in [0, 0.05) is 0 Å². The maximum atomic E-state index is 11.7. The molecule has 2 N–H and O–H groups in total. The van der Waals surface area contributed by atoms with Crippen molar-refractivity contribution in [2.45, 2.75) is 24.0 Å². The van der Waals surface area contributed by atoms with E-state index in [4.69, 9.17) is 9.88 Å². The molecule has 0 atom stereocenters. The van der Waals surface area contributed by atoms with Crippen molar-refractivity contribution in [1.29, 1.82) is 0 Å². The topological polar surface area (TPSA) is 104 Å². The third-order valence-corrected chi connectivity index (χ3v) is 6.88. The second kappa shape index (κ2) is 6.95. The lowest BCUT2D eigenvalue weighted by Gasteiger charge is -2.13. The molecule has 6 nitrogen and oxygen atoms in total. The number of primary sulfonamides is 1. The van der Waals surface area contributed by atoms with Gasteiger partial charge in [0.05, 0.1) is 24.8 Å². The summed E-state index contributed by atoms with van der Waals surface area (Å²) in [7, 11) is -7.03. The van der Waals surface area contributed by atoms with Crippen LogP contribution < -0.4 is 9.88 Å². The molecule has 21 heavy (non-hydrogen) atoms. The Morgan fingerprint density at radius 3 is 2.00 bits per heavy atom. The number of halogens is 2. The largest absolute Gasteiger partial charge is 0.490 e. The van der Waals surface area contributed by atoms with Gasteiger partial charge in [-0.15, -0.1) is 0 Å². The fraction of sp³-hybridized carbons (Fsp3) is 0.455. The Balaban J connectivity index is 2.92. The van der Waals surface area contributed by atoms with Crippen LogP contribution in [0, 0.1) is 0 Å². The van der Waals surface area contributed by atoms with E-state index in [-0.39, 0.29) is 17.3 Å². The number of rotatable bonds is 6. The van der Waals surface area contributed by atoms with Crippen molar-refractivity contribution >= 4 is 51.7 Å². The van der Waals surface area contributed by atoms with Gasteiger partial charge in [0.2, 0.25) is 10.0 Å². The summed E-state index contributed by atoms with van der Waals surface area (Å²) in [5, 5.41) is 4.57. The second-order valence-electron chi connectivity index (χ2n) is 4.53. The fourth-order valence-corrected chi connectivity index (χ4v) is 4.40. The summed E-state index contributed by atoms with van der Waals surface area (Å²) in [6.45, 7) is 3.16. The number of nitrogens with two attached hydrogens (primary N) is 1. The predicted octanol–water partition coefficient (Wildman–Crippen LogP) is 2.06. The van der Waals surface area contributed by atoms with Gasteiger partial charge in [-0.2, -0.15) is 0 Å². The minimum absolute atomic E-state index is 0.0353. The molecular formula is C11H15Br2NO5S2. The fourth-order valence-electron chi connectivity index (χ4n) is 1.33. The van der Waals surface area contributed by atoms with E-state index in [1.807, 2.05) is 0 Å². The van der Waals surface area contributed by atoms with Crippen LogP contribution in [0.1, 0.15) is 13.8 Å². The van der Waals surface area contributed by atoms with Gasteiger partial charge < -0.3 is 4.74 Å². The third kappa shape index (κ3) is 5.20. The summed E-state index contributed by atoms with van der Waals surface area (Å²) < 4.78 is 52.1. The first-order valence-electron chi connectivity index (χ1n) is 5.81. The van der Waals surface area contributed by atoms with Crippen molar-refractivity contribution in [3.63, 3.8) is 0 Å². The van der Waals surface area contributed by atoms with Crippen molar-refractivity contribution in [3.05, 3.63) is 21.1 Å². The lowest BCUT2D eigenvalue weighted by atomic mass is 10.3. The van der Waals surface area contributed by atoms with E-state index in [0.29, 0.717) is 14.7 Å². The molecule has 0 heterocycles. The summed E-state index contributed by atoms with van der Waals surface area (Å²) in [4.78, 5) is -0.0802. The molecule has 0 unspecified atom stereocenters. The highest BCUT2D eigenvalue weighted by atomic mass is 79.9. The Labute approximate surface area is 141 Å². The van der Waals surface area contributed by atoms with E-state index in [0.717, 1.165) is 0 Å². The van der Waals surface area contributed by atoms with Crippen LogP contribution in [0.5, 0.6) is 5.75 Å². The van der Waals surface area contributed by atoms with Crippen molar-refractivity contribution in [3.8, 4) is 5.75 Å². The van der Waals surface area contributed by atoms with Crippen LogP contribution >= 0.6 is 31.9 Å². The van der Waals surface area contributed by atoms with Gasteiger partial charge in [0.15, 0.2) is 9.84 Å². The molecule has 1 aromatic carbocycles. The molecule has 0 aromatic heterocycles. The molecule has 0 amide bonds. The Kier molecular flexibility index (Phi) is 6.25. The second-order valence-corrected chi connectivity index (χ2v) is 10.5. The first-order valence-corrected chi connectivity index (χ1v) is 10.7. The van der Waals surface area contributed by atoms with Crippen LogP contribution in [-0.4, -0.2) is 34.4 Å². The van der Waals surface area contributed by atoms with Crippen LogP contribution in [0.3, 0.4) is 0 Å². The van der Waals surface area contributed by atoms with Crippen LogP contribution in [0.25, 0.3) is 0 Å². The average molecular weight is 465 g/mol. The molecule has 0 spiro atoms. The van der Waals surface area contributed by atoms with Crippen LogP contribution in [0.4, 0.5) is 0 Å². The number of hydrogen-bond donors (Lipinski definition) is 1. The smallest absolute Gasteiger partial charge is 0.238 e. The van der Waals surface area contributed by atoms with Gasteiger partial charge in [-0.05, 0) is 57.8 Å². The molecule has 0 saturated heterocycles. The highest BCUT2D eigenvalue weighted by molar-refractivity contribution is 9.11. The molecule has 0 radical (unpaired) electrons. The lowest BCUT2D eigenvalue weighted by molar-refractivity contribution is 0.336. The maximum Gasteiger partial charge on any atom is 0.238 e. The lowest BCUT2D eigenvalue weighted by Crippen LogP contribution is -2.22. The van der Waals surface area contributed by atoms with Crippen molar-refractivity contribution in [2.75, 3.05) is 12.4 Å². The molecule has 0 fully saturated rings. The van der Waals surface area contributed by atoms with E-state index in [1.165, 1.54) is 12.1 Å². The minimum atomic E-state index is -3.83. The van der Waals surface area contributed by atoms with Gasteiger partial charge >= 0.3 is 0 Å². The number of benzene rings is 1. The number of hydrogen-bond acceptors (Lipinski definition) is 5. The first-order chi connectivity index (χ1) is 9.45. The van der Waals surface area contributed by atoms with E-state index in [1.54, 1.807) is 13.8 Å². The zero-order valence-electron chi connectivity index (χ0n) is 11.3. The average Bonchev–Trinajstić information content (AvgIpc) is 2.30. The zero-order valence-corrected chi connectivity index (χ0v) is 16.1. The maximum absolute atomic E-state index is 11.7. The molecule has 1 rings (SSSR count). The Morgan fingerprint density at radius 1 is 1.14 bits per heavy atom. The molecular weight excluding hydrogens is 450 g/mol. The molecule has 0 bridgehead atoms. The Bertz CT molecular complexity index is 706. The van der Waals surface area contributed by atoms with E-state index in [2.05, 4.69) is 31.9 Å². The molecule has 120 valence electrons. The highest BCUT2D eigenvalue weighted by Crippen LogP contribution is 2.35. The predicted molar refractivity (Wildman–Crippen MR) is 87.6 cm³/mol. The van der Waals surface area contributed by atoms with Gasteiger partial charge in [-0.3, -0.25) is 0 Å². The third-order valence-electron chi connectivity index (χ3n) is 2.63. The first kappa shape index (κ1) is 18.9. The highest BCUT2D eigenvalue weighted by Gasteiger charge is 2.18. The summed E-state index contributed by atoms with van der Waals surface area (Å²) in [6, 6.07) is 2.60. The Morgan fingerprint density at radius 2 is 1.62 bits per heavy atom. The van der Waals surface area contributed by atoms with Crippen LogP contribution in [0.2, 0.25) is 0 Å². The number of ether oxygens (including phenoxy) is 1. The molecule has 1 aromatic rings. The Hall–Kier alpha value is -0.160. The van der Waals surface area contributed by atoms with Gasteiger partial charge in [0.25, 0.3) is 0 Å². The number of sulfone groups is 1. The summed E-state index contributed by atoms with van der Waals surface area (Å²) in [5.41, 5.74) is 0. The summed E-state index contributed by atoms with van der Waals surface area (Å²) in [5.74, 6) is 0.196. The molecule has 10 heteroatoms. The van der Waals surface area contributed by atoms with Gasteiger partial charge in [0.1, 0.15) is 12.4 Å². The van der Waals surface area contributed by atoms with Crippen molar-refractivity contribution in [1.82, 2.24) is 0 Å².